The van der Waals surface area contributed by atoms with Gasteiger partial charge in [0.05, 0.1) is 11.5 Å². The zero-order valence-corrected chi connectivity index (χ0v) is 13.8. The van der Waals surface area contributed by atoms with Gasteiger partial charge >= 0.3 is 12.1 Å². The van der Waals surface area contributed by atoms with Crippen LogP contribution in [-0.2, 0) is 6.18 Å². The van der Waals surface area contributed by atoms with Crippen LogP contribution in [0.15, 0.2) is 27.3 Å². The molecule has 2 aromatic rings. The predicted molar refractivity (Wildman–Crippen MR) is 79.1 cm³/mol. The number of amides is 1. The van der Waals surface area contributed by atoms with Crippen LogP contribution >= 0.6 is 15.9 Å². The molecule has 1 fully saturated rings. The number of likely N-dealkylation sites (tertiary alicyclic amines) is 1. The summed E-state index contributed by atoms with van der Waals surface area (Å²) in [7, 11) is 0. The van der Waals surface area contributed by atoms with Crippen LogP contribution < -0.4 is 0 Å². The first kappa shape index (κ1) is 16.9. The van der Waals surface area contributed by atoms with E-state index in [1.54, 1.807) is 17.2 Å². The van der Waals surface area contributed by atoms with Crippen molar-refractivity contribution < 1.29 is 22.4 Å². The molecule has 128 valence electrons. The summed E-state index contributed by atoms with van der Waals surface area (Å²) in [5, 5.41) is 6.53. The molecule has 1 aliphatic heterocycles. The largest absolute Gasteiger partial charge is 0.470 e. The smallest absolute Gasteiger partial charge is 0.417 e. The van der Waals surface area contributed by atoms with E-state index in [9.17, 15) is 18.0 Å². The van der Waals surface area contributed by atoms with E-state index in [1.165, 1.54) is 6.20 Å². The molecule has 1 saturated heterocycles. The minimum Gasteiger partial charge on any atom is -0.417 e. The Bertz CT molecular complexity index is 750. The lowest BCUT2D eigenvalue weighted by Gasteiger charge is -2.31. The lowest BCUT2D eigenvalue weighted by Crippen LogP contribution is -2.39. The van der Waals surface area contributed by atoms with E-state index in [-0.39, 0.29) is 18.3 Å². The molecule has 1 aliphatic rings. The Morgan fingerprint density at radius 3 is 2.79 bits per heavy atom. The minimum absolute atomic E-state index is 0.0906. The normalized spacial score (nSPS) is 18.7. The first-order valence-corrected chi connectivity index (χ1v) is 7.94. The number of pyridine rings is 1. The highest BCUT2D eigenvalue weighted by atomic mass is 79.9. The van der Waals surface area contributed by atoms with E-state index in [4.69, 9.17) is 4.42 Å². The summed E-state index contributed by atoms with van der Waals surface area (Å²) < 4.78 is 43.1. The third-order valence-electron chi connectivity index (χ3n) is 3.69. The summed E-state index contributed by atoms with van der Waals surface area (Å²) in [6.07, 6.45) is -0.433. The second kappa shape index (κ2) is 6.50. The Balaban J connectivity index is 1.75. The highest BCUT2D eigenvalue weighted by molar-refractivity contribution is 9.10. The Kier molecular flexibility index (Phi) is 4.57. The Morgan fingerprint density at radius 1 is 1.33 bits per heavy atom. The van der Waals surface area contributed by atoms with Gasteiger partial charge in [-0.15, -0.1) is 10.2 Å². The number of aromatic nitrogens is 3. The van der Waals surface area contributed by atoms with Gasteiger partial charge in [0.25, 0.3) is 5.91 Å². The molecule has 0 spiro atoms. The van der Waals surface area contributed by atoms with Gasteiger partial charge in [-0.25, -0.2) is 0 Å². The summed E-state index contributed by atoms with van der Waals surface area (Å²) in [5.74, 6) is -2.10. The van der Waals surface area contributed by atoms with Gasteiger partial charge in [0.1, 0.15) is 0 Å². The molecule has 24 heavy (non-hydrogen) atoms. The molecule has 2 aromatic heterocycles. The molecule has 0 aliphatic carbocycles. The Hall–Kier alpha value is -1.97. The number of hydrogen-bond acceptors (Lipinski definition) is 5. The van der Waals surface area contributed by atoms with Crippen LogP contribution in [0.25, 0.3) is 0 Å². The maximum atomic E-state index is 12.6. The van der Waals surface area contributed by atoms with Gasteiger partial charge < -0.3 is 9.32 Å². The lowest BCUT2D eigenvalue weighted by molar-refractivity contribution is -0.157. The molecule has 1 atom stereocenters. The van der Waals surface area contributed by atoms with Crippen molar-refractivity contribution in [3.8, 4) is 0 Å². The van der Waals surface area contributed by atoms with Crippen molar-refractivity contribution in [3.63, 3.8) is 0 Å². The fourth-order valence-corrected chi connectivity index (χ4v) is 2.95. The topological polar surface area (TPSA) is 72.1 Å². The van der Waals surface area contributed by atoms with E-state index < -0.39 is 18.0 Å². The van der Waals surface area contributed by atoms with Crippen LogP contribution in [0, 0.1) is 0 Å². The first-order chi connectivity index (χ1) is 11.3. The molecule has 0 saturated carbocycles. The van der Waals surface area contributed by atoms with Crippen LogP contribution in [0.3, 0.4) is 0 Å². The number of hydrogen-bond donors (Lipinski definition) is 0. The van der Waals surface area contributed by atoms with Crippen molar-refractivity contribution in [2.24, 2.45) is 0 Å². The lowest BCUT2D eigenvalue weighted by atomic mass is 9.97. The molecule has 0 radical (unpaired) electrons. The van der Waals surface area contributed by atoms with E-state index in [2.05, 4.69) is 31.1 Å². The van der Waals surface area contributed by atoms with Crippen LogP contribution in [0.1, 0.15) is 40.9 Å². The van der Waals surface area contributed by atoms with E-state index in [0.29, 0.717) is 29.4 Å². The van der Waals surface area contributed by atoms with Crippen molar-refractivity contribution in [2.75, 3.05) is 13.1 Å². The molecule has 1 unspecified atom stereocenters. The third-order valence-corrected chi connectivity index (χ3v) is 4.13. The minimum atomic E-state index is -4.67. The van der Waals surface area contributed by atoms with Gasteiger partial charge in [-0.1, -0.05) is 0 Å². The zero-order chi connectivity index (χ0) is 17.3. The van der Waals surface area contributed by atoms with Crippen LogP contribution in [0.2, 0.25) is 0 Å². The standard InChI is InChI=1S/C14H12BrF3N4O2/c15-10-4-9(5-19-6-10)12(23)22-3-1-2-8(7-22)11-20-21-13(24-11)14(16,17)18/h4-6,8H,1-3,7H2. The third kappa shape index (κ3) is 3.58. The molecule has 1 amide bonds. The average Bonchev–Trinajstić information content (AvgIpc) is 3.04. The number of piperidine rings is 1. The van der Waals surface area contributed by atoms with Crippen molar-refractivity contribution in [1.82, 2.24) is 20.1 Å². The summed E-state index contributed by atoms with van der Waals surface area (Å²) >= 11 is 3.25. The molecule has 10 heteroatoms. The molecule has 6 nitrogen and oxygen atoms in total. The molecular weight excluding hydrogens is 393 g/mol. The van der Waals surface area contributed by atoms with Gasteiger partial charge in [0.2, 0.25) is 5.89 Å². The highest BCUT2D eigenvalue weighted by Crippen LogP contribution is 2.32. The zero-order valence-electron chi connectivity index (χ0n) is 12.3. The van der Waals surface area contributed by atoms with Crippen LogP contribution in [-0.4, -0.2) is 39.1 Å². The SMILES string of the molecule is O=C(c1cncc(Br)c1)N1CCCC(c2nnc(C(F)(F)F)o2)C1. The summed E-state index contributed by atoms with van der Waals surface area (Å²) in [6.45, 7) is 0.743. The maximum Gasteiger partial charge on any atom is 0.470 e. The number of alkyl halides is 3. The Morgan fingerprint density at radius 2 is 2.12 bits per heavy atom. The van der Waals surface area contributed by atoms with Crippen molar-refractivity contribution in [1.29, 1.82) is 0 Å². The molecule has 3 rings (SSSR count). The molecule has 0 N–H and O–H groups in total. The van der Waals surface area contributed by atoms with Crippen LogP contribution in [0.4, 0.5) is 13.2 Å². The molecular formula is C14H12BrF3N4O2. The number of nitrogens with zero attached hydrogens (tertiary/aromatic N) is 4. The van der Waals surface area contributed by atoms with E-state index in [0.717, 1.165) is 0 Å². The first-order valence-electron chi connectivity index (χ1n) is 7.15. The second-order valence-corrected chi connectivity index (χ2v) is 6.34. The number of rotatable bonds is 2. The van der Waals surface area contributed by atoms with E-state index in [1.807, 2.05) is 0 Å². The van der Waals surface area contributed by atoms with Crippen LogP contribution in [0.5, 0.6) is 0 Å². The van der Waals surface area contributed by atoms with Crippen molar-refractivity contribution >= 4 is 21.8 Å². The van der Waals surface area contributed by atoms with E-state index >= 15 is 0 Å². The second-order valence-electron chi connectivity index (χ2n) is 5.43. The number of carbonyl (C=O) groups excluding carboxylic acids is 1. The van der Waals surface area contributed by atoms with Gasteiger partial charge in [0.15, 0.2) is 0 Å². The van der Waals surface area contributed by atoms with Crippen molar-refractivity contribution in [2.45, 2.75) is 24.9 Å². The summed E-state index contributed by atoms with van der Waals surface area (Å²) in [5.41, 5.74) is 0.409. The summed E-state index contributed by atoms with van der Waals surface area (Å²) in [4.78, 5) is 18.0. The quantitative estimate of drug-likeness (QED) is 0.767. The van der Waals surface area contributed by atoms with Gasteiger partial charge in [-0.3, -0.25) is 9.78 Å². The summed E-state index contributed by atoms with van der Waals surface area (Å²) in [6, 6.07) is 1.65. The average molecular weight is 405 g/mol. The fourth-order valence-electron chi connectivity index (χ4n) is 2.59. The predicted octanol–water partition coefficient (Wildman–Crippen LogP) is 3.27. The fraction of sp³-hybridized carbons (Fsp3) is 0.429. The maximum absolute atomic E-state index is 12.6. The Labute approximate surface area is 143 Å². The van der Waals surface area contributed by atoms with Gasteiger partial charge in [-0.2, -0.15) is 13.2 Å². The molecule has 0 aromatic carbocycles. The molecule has 0 bridgehead atoms. The number of carbonyl (C=O) groups is 1. The van der Waals surface area contributed by atoms with Crippen molar-refractivity contribution in [3.05, 3.63) is 40.3 Å². The number of halogens is 4. The highest BCUT2D eigenvalue weighted by Gasteiger charge is 2.39. The van der Waals surface area contributed by atoms with Gasteiger partial charge in [-0.05, 0) is 34.8 Å². The monoisotopic (exact) mass is 404 g/mol. The molecule has 3 heterocycles. The van der Waals surface area contributed by atoms with Gasteiger partial charge in [0, 0.05) is 30.0 Å².